The van der Waals surface area contributed by atoms with Gasteiger partial charge >= 0.3 is 0 Å². The van der Waals surface area contributed by atoms with Crippen LogP contribution in [-0.2, 0) is 13.6 Å². The Balaban J connectivity index is 1.29. The normalized spacial score (nSPS) is 22.4. The summed E-state index contributed by atoms with van der Waals surface area (Å²) in [5, 5.41) is 1.24. The maximum absolute atomic E-state index is 13.7. The first-order valence-electron chi connectivity index (χ1n) is 15.7. The molecule has 3 fully saturated rings. The Bertz CT molecular complexity index is 1660. The van der Waals surface area contributed by atoms with Gasteiger partial charge in [-0.1, -0.05) is 19.8 Å². The second-order valence-corrected chi connectivity index (χ2v) is 13.3. The molecule has 0 unspecified atom stereocenters. The Kier molecular flexibility index (Phi) is 6.72. The minimum absolute atomic E-state index is 0.00995. The minimum Gasteiger partial charge on any atom is -0.494 e. The standard InChI is InChI=1S/C34H44N6O2/c1-20-18-39(21(2)31(20)35)34(41)25-15-27-32(30(17-25)42-5)38(4)33(36-27)29-16-24-14-26(37(3)13-12-22-6-7-22)10-11-28(24)40(29)19-23-8-9-23/h10-11,14-17,20-23,31H,6-9,12-13,18-19,35H2,1-5H3/t20-,21-,31+/m1/s1. The van der Waals surface area contributed by atoms with Crippen LogP contribution in [0.15, 0.2) is 36.4 Å². The number of fused-ring (bicyclic) bond motifs is 2. The van der Waals surface area contributed by atoms with Gasteiger partial charge in [-0.2, -0.15) is 0 Å². The number of rotatable bonds is 9. The Morgan fingerprint density at radius 1 is 1.10 bits per heavy atom. The zero-order valence-electron chi connectivity index (χ0n) is 25.6. The number of aromatic nitrogens is 3. The number of benzene rings is 2. The number of methoxy groups -OCH3 is 1. The first-order valence-corrected chi connectivity index (χ1v) is 15.7. The molecule has 3 aliphatic rings. The van der Waals surface area contributed by atoms with E-state index in [0.717, 1.165) is 41.6 Å². The molecule has 2 aliphatic carbocycles. The maximum atomic E-state index is 13.7. The number of nitrogens with zero attached hydrogens (tertiary/aromatic N) is 5. The fourth-order valence-electron chi connectivity index (χ4n) is 6.88. The van der Waals surface area contributed by atoms with E-state index in [2.05, 4.69) is 52.3 Å². The van der Waals surface area contributed by atoms with Gasteiger partial charge in [-0.05, 0) is 80.3 Å². The summed E-state index contributed by atoms with van der Waals surface area (Å²) < 4.78 is 10.4. The van der Waals surface area contributed by atoms with Crippen molar-refractivity contribution in [3.05, 3.63) is 42.0 Å². The average molecular weight is 569 g/mol. The number of likely N-dealkylation sites (tertiary alicyclic amines) is 1. The highest BCUT2D eigenvalue weighted by Gasteiger charge is 2.37. The third-order valence-corrected chi connectivity index (χ3v) is 10.1. The predicted octanol–water partition coefficient (Wildman–Crippen LogP) is 5.66. The van der Waals surface area contributed by atoms with Crippen molar-refractivity contribution in [1.82, 2.24) is 19.0 Å². The summed E-state index contributed by atoms with van der Waals surface area (Å²) >= 11 is 0. The lowest BCUT2D eigenvalue weighted by atomic mass is 10.0. The average Bonchev–Trinajstić information content (AvgIpc) is 3.91. The molecule has 2 aromatic carbocycles. The quantitative estimate of drug-likeness (QED) is 0.282. The maximum Gasteiger partial charge on any atom is 0.254 e. The van der Waals surface area contributed by atoms with Crippen molar-refractivity contribution in [2.45, 2.75) is 64.6 Å². The second kappa shape index (κ2) is 10.3. The van der Waals surface area contributed by atoms with E-state index in [1.807, 2.05) is 31.0 Å². The number of anilines is 1. The van der Waals surface area contributed by atoms with Crippen LogP contribution in [0.4, 0.5) is 5.69 Å². The third-order valence-electron chi connectivity index (χ3n) is 10.1. The van der Waals surface area contributed by atoms with Gasteiger partial charge in [0.25, 0.3) is 5.91 Å². The van der Waals surface area contributed by atoms with Gasteiger partial charge in [-0.3, -0.25) is 4.79 Å². The molecule has 3 atom stereocenters. The number of aryl methyl sites for hydroxylation is 1. The van der Waals surface area contributed by atoms with Gasteiger partial charge in [-0.15, -0.1) is 0 Å². The van der Waals surface area contributed by atoms with Crippen LogP contribution in [0.2, 0.25) is 0 Å². The molecule has 7 rings (SSSR count). The van der Waals surface area contributed by atoms with Gasteiger partial charge in [0.2, 0.25) is 0 Å². The van der Waals surface area contributed by atoms with E-state index in [0.29, 0.717) is 23.8 Å². The fraction of sp³-hybridized carbons (Fsp3) is 0.529. The van der Waals surface area contributed by atoms with Gasteiger partial charge in [0.15, 0.2) is 5.82 Å². The van der Waals surface area contributed by atoms with E-state index < -0.39 is 0 Å². The van der Waals surface area contributed by atoms with Crippen LogP contribution in [-0.4, -0.2) is 64.3 Å². The van der Waals surface area contributed by atoms with Crippen LogP contribution < -0.4 is 15.4 Å². The Hall–Kier alpha value is -3.52. The van der Waals surface area contributed by atoms with Crippen molar-refractivity contribution >= 4 is 33.5 Å². The van der Waals surface area contributed by atoms with Gasteiger partial charge in [0, 0.05) is 68.0 Å². The number of nitrogens with two attached hydrogens (primary N) is 1. The molecule has 2 saturated carbocycles. The minimum atomic E-state index is -0.0204. The Morgan fingerprint density at radius 3 is 2.52 bits per heavy atom. The molecule has 1 saturated heterocycles. The molecule has 4 aromatic rings. The SMILES string of the molecule is COc1cc(C(=O)N2C[C@@H](C)[C@H](N)[C@H]2C)cc2nc(-c3cc4cc(N(C)CCC5CC5)ccc4n3CC3CC3)n(C)c12. The van der Waals surface area contributed by atoms with E-state index in [1.54, 1.807) is 7.11 Å². The molecular formula is C34H44N6O2. The number of carbonyl (C=O) groups is 1. The molecule has 222 valence electrons. The number of carbonyl (C=O) groups excluding carboxylic acids is 1. The lowest BCUT2D eigenvalue weighted by Crippen LogP contribution is -2.40. The third kappa shape index (κ3) is 4.74. The summed E-state index contributed by atoms with van der Waals surface area (Å²) in [6.07, 6.45) is 6.62. The lowest BCUT2D eigenvalue weighted by molar-refractivity contribution is 0.0739. The number of amides is 1. The molecule has 8 nitrogen and oxygen atoms in total. The number of hydrogen-bond donors (Lipinski definition) is 1. The van der Waals surface area contributed by atoms with E-state index in [4.69, 9.17) is 15.5 Å². The summed E-state index contributed by atoms with van der Waals surface area (Å²) in [5.74, 6) is 3.43. The predicted molar refractivity (Wildman–Crippen MR) is 169 cm³/mol. The van der Waals surface area contributed by atoms with Crippen molar-refractivity contribution in [1.29, 1.82) is 0 Å². The molecule has 1 aliphatic heterocycles. The summed E-state index contributed by atoms with van der Waals surface area (Å²) in [6.45, 7) is 6.90. The molecule has 2 N–H and O–H groups in total. The van der Waals surface area contributed by atoms with Crippen molar-refractivity contribution in [2.75, 3.05) is 32.1 Å². The van der Waals surface area contributed by atoms with Crippen molar-refractivity contribution in [3.63, 3.8) is 0 Å². The molecule has 0 radical (unpaired) electrons. The Labute approximate surface area is 248 Å². The molecule has 2 aromatic heterocycles. The molecule has 0 bridgehead atoms. The van der Waals surface area contributed by atoms with Crippen LogP contribution >= 0.6 is 0 Å². The van der Waals surface area contributed by atoms with Crippen LogP contribution in [0, 0.1) is 17.8 Å². The molecule has 42 heavy (non-hydrogen) atoms. The summed E-state index contributed by atoms with van der Waals surface area (Å²) in [7, 11) is 5.92. The van der Waals surface area contributed by atoms with E-state index in [1.165, 1.54) is 48.7 Å². The van der Waals surface area contributed by atoms with E-state index in [9.17, 15) is 4.79 Å². The van der Waals surface area contributed by atoms with Crippen LogP contribution in [0.1, 0.15) is 56.3 Å². The zero-order chi connectivity index (χ0) is 29.3. The van der Waals surface area contributed by atoms with Crippen molar-refractivity contribution < 1.29 is 9.53 Å². The second-order valence-electron chi connectivity index (χ2n) is 13.3. The zero-order valence-corrected chi connectivity index (χ0v) is 25.6. The summed E-state index contributed by atoms with van der Waals surface area (Å²) in [6, 6.07) is 12.9. The van der Waals surface area contributed by atoms with Crippen LogP contribution in [0.3, 0.4) is 0 Å². The van der Waals surface area contributed by atoms with E-state index >= 15 is 0 Å². The highest BCUT2D eigenvalue weighted by molar-refractivity contribution is 6.00. The summed E-state index contributed by atoms with van der Waals surface area (Å²) in [5.41, 5.74) is 12.2. The number of hydrogen-bond acceptors (Lipinski definition) is 5. The first kappa shape index (κ1) is 27.3. The van der Waals surface area contributed by atoms with E-state index in [-0.39, 0.29) is 23.9 Å². The van der Waals surface area contributed by atoms with Gasteiger partial charge in [0.1, 0.15) is 11.3 Å². The smallest absolute Gasteiger partial charge is 0.254 e. The highest BCUT2D eigenvalue weighted by atomic mass is 16.5. The van der Waals surface area contributed by atoms with Crippen LogP contribution in [0.25, 0.3) is 33.5 Å². The molecule has 8 heteroatoms. The monoisotopic (exact) mass is 568 g/mol. The molecular weight excluding hydrogens is 524 g/mol. The number of imidazole rings is 1. The molecule has 0 spiro atoms. The molecule has 1 amide bonds. The first-order chi connectivity index (χ1) is 20.2. The van der Waals surface area contributed by atoms with Gasteiger partial charge in [-0.25, -0.2) is 4.98 Å². The fourth-order valence-corrected chi connectivity index (χ4v) is 6.88. The lowest BCUT2D eigenvalue weighted by Gasteiger charge is -2.23. The van der Waals surface area contributed by atoms with Crippen molar-refractivity contribution in [2.24, 2.45) is 30.5 Å². The van der Waals surface area contributed by atoms with Gasteiger partial charge in [0.05, 0.1) is 18.3 Å². The topological polar surface area (TPSA) is 81.6 Å². The summed E-state index contributed by atoms with van der Waals surface area (Å²) in [4.78, 5) is 23.1. The Morgan fingerprint density at radius 2 is 1.86 bits per heavy atom. The number of ether oxygens (including phenoxy) is 1. The molecule has 3 heterocycles. The van der Waals surface area contributed by atoms with Crippen molar-refractivity contribution in [3.8, 4) is 17.3 Å². The van der Waals surface area contributed by atoms with Gasteiger partial charge < -0.3 is 29.4 Å². The highest BCUT2D eigenvalue weighted by Crippen LogP contribution is 2.39. The van der Waals surface area contributed by atoms with Crippen LogP contribution in [0.5, 0.6) is 5.75 Å². The largest absolute Gasteiger partial charge is 0.494 e.